The van der Waals surface area contributed by atoms with Crippen molar-refractivity contribution in [1.82, 2.24) is 15.2 Å². The lowest BCUT2D eigenvalue weighted by Crippen LogP contribution is -2.52. The van der Waals surface area contributed by atoms with E-state index in [1.165, 1.54) is 11.1 Å². The Morgan fingerprint density at radius 2 is 1.96 bits per heavy atom. The second-order valence-electron chi connectivity index (χ2n) is 7.98. The fourth-order valence-corrected chi connectivity index (χ4v) is 4.89. The van der Waals surface area contributed by atoms with E-state index in [0.29, 0.717) is 31.6 Å². The lowest BCUT2D eigenvalue weighted by molar-refractivity contribution is -0.127. The number of hydrogen-bond acceptors (Lipinski definition) is 5. The Labute approximate surface area is 159 Å². The van der Waals surface area contributed by atoms with E-state index in [2.05, 4.69) is 27.6 Å². The Kier molecular flexibility index (Phi) is 4.52. The molecule has 1 fully saturated rings. The molecule has 2 aliphatic heterocycles. The molecule has 0 aromatic heterocycles. The van der Waals surface area contributed by atoms with Crippen molar-refractivity contribution in [2.75, 3.05) is 27.2 Å². The molecule has 0 saturated carbocycles. The van der Waals surface area contributed by atoms with Gasteiger partial charge in [0.05, 0.1) is 12.1 Å². The number of likely N-dealkylation sites (tertiary alicyclic amines) is 1. The third kappa shape index (κ3) is 2.85. The highest BCUT2D eigenvalue weighted by Crippen LogP contribution is 2.52. The summed E-state index contributed by atoms with van der Waals surface area (Å²) in [4.78, 5) is 27.9. The van der Waals surface area contributed by atoms with Gasteiger partial charge in [-0.3, -0.25) is 9.59 Å². The van der Waals surface area contributed by atoms with Crippen LogP contribution < -0.4 is 5.43 Å². The van der Waals surface area contributed by atoms with E-state index < -0.39 is 6.10 Å². The Balaban J connectivity index is 1.55. The van der Waals surface area contributed by atoms with Gasteiger partial charge in [-0.2, -0.15) is 5.10 Å². The van der Waals surface area contributed by atoms with E-state index in [-0.39, 0.29) is 23.3 Å². The number of aliphatic hydroxyl groups excluding tert-OH is 1. The molecule has 144 valence electrons. The predicted octanol–water partition coefficient (Wildman–Crippen LogP) is 0.790. The van der Waals surface area contributed by atoms with Gasteiger partial charge in [0.2, 0.25) is 5.91 Å². The molecule has 4 rings (SSSR count). The molecule has 0 unspecified atom stereocenters. The molecule has 1 aromatic carbocycles. The first-order valence-corrected chi connectivity index (χ1v) is 9.52. The second-order valence-corrected chi connectivity index (χ2v) is 7.98. The summed E-state index contributed by atoms with van der Waals surface area (Å²) in [7, 11) is 4.00. The summed E-state index contributed by atoms with van der Waals surface area (Å²) in [5.41, 5.74) is 4.90. The van der Waals surface area contributed by atoms with Gasteiger partial charge in [-0.25, -0.2) is 5.43 Å². The minimum atomic E-state index is -0.492. The average molecular weight is 370 g/mol. The van der Waals surface area contributed by atoms with Gasteiger partial charge in [-0.05, 0) is 38.1 Å². The first kappa shape index (κ1) is 18.1. The number of hydrogen-bond donors (Lipinski definition) is 2. The molecule has 2 atom stereocenters. The number of likely N-dealkylation sites (N-methyl/N-ethyl adjacent to an activating group) is 1. The third-order valence-corrected chi connectivity index (χ3v) is 6.33. The van der Waals surface area contributed by atoms with Gasteiger partial charge in [-0.15, -0.1) is 0 Å². The summed E-state index contributed by atoms with van der Waals surface area (Å²) in [6.07, 6.45) is 1.65. The maximum Gasteiger partial charge on any atom is 0.270 e. The van der Waals surface area contributed by atoms with Crippen LogP contribution >= 0.6 is 0 Å². The van der Waals surface area contributed by atoms with Crippen molar-refractivity contribution < 1.29 is 14.7 Å². The van der Waals surface area contributed by atoms with Crippen LogP contribution in [-0.2, 0) is 15.0 Å². The molecular formula is C20H26N4O3. The highest BCUT2D eigenvalue weighted by atomic mass is 16.3. The molecule has 2 heterocycles. The first-order chi connectivity index (χ1) is 12.9. The fraction of sp³-hybridized carbons (Fsp3) is 0.550. The van der Waals surface area contributed by atoms with Crippen molar-refractivity contribution in [3.63, 3.8) is 0 Å². The van der Waals surface area contributed by atoms with E-state index in [4.69, 9.17) is 0 Å². The van der Waals surface area contributed by atoms with Gasteiger partial charge in [0.25, 0.3) is 5.91 Å². The number of benzene rings is 1. The van der Waals surface area contributed by atoms with Gasteiger partial charge >= 0.3 is 0 Å². The quantitative estimate of drug-likeness (QED) is 0.806. The highest BCUT2D eigenvalue weighted by molar-refractivity contribution is 6.39. The third-order valence-electron chi connectivity index (χ3n) is 6.33. The summed E-state index contributed by atoms with van der Waals surface area (Å²) < 4.78 is 0. The molecule has 7 nitrogen and oxygen atoms in total. The monoisotopic (exact) mass is 370 g/mol. The minimum Gasteiger partial charge on any atom is -0.390 e. The van der Waals surface area contributed by atoms with Crippen LogP contribution in [0.2, 0.25) is 0 Å². The maximum atomic E-state index is 12.7. The molecule has 1 aromatic rings. The van der Waals surface area contributed by atoms with Crippen LogP contribution in [0, 0.1) is 0 Å². The largest absolute Gasteiger partial charge is 0.390 e. The van der Waals surface area contributed by atoms with Gasteiger partial charge in [0.1, 0.15) is 5.71 Å². The molecule has 2 N–H and O–H groups in total. The van der Waals surface area contributed by atoms with Crippen LogP contribution in [0.3, 0.4) is 0 Å². The van der Waals surface area contributed by atoms with E-state index in [1.54, 1.807) is 4.90 Å². The average Bonchev–Trinajstić information content (AvgIpc) is 2.91. The standard InChI is InChI=1S/C20H26N4O3/c1-23(2)17-13-5-3-4-6-14(13)20(18(17)26)9-11-24(12-10-20)19(27)15-7-8-16(25)22-21-15/h3-6,17-18,26H,7-12H2,1-2H3,(H,22,25)/t17-,18+/m0/s1. The van der Waals surface area contributed by atoms with E-state index in [0.717, 1.165) is 12.8 Å². The van der Waals surface area contributed by atoms with Gasteiger partial charge < -0.3 is 14.9 Å². The molecule has 2 amide bonds. The molecular weight excluding hydrogens is 344 g/mol. The van der Waals surface area contributed by atoms with Crippen molar-refractivity contribution in [3.05, 3.63) is 35.4 Å². The molecule has 1 spiro atoms. The zero-order chi connectivity index (χ0) is 19.2. The number of hydrazone groups is 1. The first-order valence-electron chi connectivity index (χ1n) is 9.52. The number of amides is 2. The molecule has 1 saturated heterocycles. The number of aliphatic hydroxyl groups is 1. The van der Waals surface area contributed by atoms with Crippen molar-refractivity contribution in [2.45, 2.75) is 43.2 Å². The number of nitrogens with one attached hydrogen (secondary N) is 1. The fourth-order valence-electron chi connectivity index (χ4n) is 4.89. The molecule has 0 bridgehead atoms. The Hall–Kier alpha value is -2.25. The number of nitrogens with zero attached hydrogens (tertiary/aromatic N) is 3. The zero-order valence-electron chi connectivity index (χ0n) is 15.8. The van der Waals surface area contributed by atoms with Crippen LogP contribution in [0.25, 0.3) is 0 Å². The molecule has 27 heavy (non-hydrogen) atoms. The van der Waals surface area contributed by atoms with Crippen LogP contribution in [0.1, 0.15) is 42.9 Å². The lowest BCUT2D eigenvalue weighted by Gasteiger charge is -2.43. The van der Waals surface area contributed by atoms with Crippen LogP contribution in [0.4, 0.5) is 0 Å². The van der Waals surface area contributed by atoms with Crippen LogP contribution in [0.5, 0.6) is 0 Å². The molecule has 3 aliphatic rings. The molecule has 0 radical (unpaired) electrons. The number of carbonyl (C=O) groups excluding carboxylic acids is 2. The maximum absolute atomic E-state index is 12.7. The number of fused-ring (bicyclic) bond motifs is 2. The zero-order valence-corrected chi connectivity index (χ0v) is 15.8. The lowest BCUT2D eigenvalue weighted by atomic mass is 9.72. The smallest absolute Gasteiger partial charge is 0.270 e. The normalized spacial score (nSPS) is 26.7. The number of carbonyl (C=O) groups is 2. The number of piperidine rings is 1. The van der Waals surface area contributed by atoms with E-state index >= 15 is 0 Å². The predicted molar refractivity (Wildman–Crippen MR) is 101 cm³/mol. The number of rotatable bonds is 2. The molecule has 1 aliphatic carbocycles. The minimum absolute atomic E-state index is 0.0265. The summed E-state index contributed by atoms with van der Waals surface area (Å²) in [5, 5.41) is 15.2. The van der Waals surface area contributed by atoms with E-state index in [9.17, 15) is 14.7 Å². The summed E-state index contributed by atoms with van der Waals surface area (Å²) >= 11 is 0. The van der Waals surface area contributed by atoms with Crippen LogP contribution in [0.15, 0.2) is 29.4 Å². The topological polar surface area (TPSA) is 85.2 Å². The summed E-state index contributed by atoms with van der Waals surface area (Å²) in [6.45, 7) is 1.16. The van der Waals surface area contributed by atoms with Crippen molar-refractivity contribution in [3.8, 4) is 0 Å². The summed E-state index contributed by atoms with van der Waals surface area (Å²) in [6, 6.07) is 8.26. The summed E-state index contributed by atoms with van der Waals surface area (Å²) in [5.74, 6) is -0.251. The Bertz CT molecular complexity index is 796. The van der Waals surface area contributed by atoms with Gasteiger partial charge in [0.15, 0.2) is 0 Å². The van der Waals surface area contributed by atoms with E-state index in [1.807, 2.05) is 26.2 Å². The SMILES string of the molecule is CN(C)[C@H]1c2ccccc2C2(CCN(C(=O)C3=NNC(=O)CC3)CC2)[C@@H]1O. The van der Waals surface area contributed by atoms with Gasteiger partial charge in [0, 0.05) is 31.3 Å². The second kappa shape index (κ2) is 6.73. The van der Waals surface area contributed by atoms with Crippen molar-refractivity contribution >= 4 is 17.5 Å². The molecule has 7 heteroatoms. The van der Waals surface area contributed by atoms with Crippen molar-refractivity contribution in [1.29, 1.82) is 0 Å². The Morgan fingerprint density at radius 1 is 1.26 bits per heavy atom. The highest BCUT2D eigenvalue weighted by Gasteiger charge is 2.53. The van der Waals surface area contributed by atoms with Crippen molar-refractivity contribution in [2.24, 2.45) is 5.10 Å². The Morgan fingerprint density at radius 3 is 2.59 bits per heavy atom. The van der Waals surface area contributed by atoms with Crippen LogP contribution in [-0.4, -0.2) is 65.7 Å². The van der Waals surface area contributed by atoms with Gasteiger partial charge in [-0.1, -0.05) is 24.3 Å².